The Morgan fingerprint density at radius 2 is 2.21 bits per heavy atom. The quantitative estimate of drug-likeness (QED) is 0.879. The number of benzene rings is 1. The minimum Gasteiger partial charge on any atom is -0.361 e. The SMILES string of the molecule is CC(CCNC(=O)c1ccc2[nH]ccc2c1)S(C)=O. The normalized spacial score (nSPS) is 14.2. The van der Waals surface area contributed by atoms with E-state index in [0.717, 1.165) is 17.3 Å². The summed E-state index contributed by atoms with van der Waals surface area (Å²) < 4.78 is 11.2. The molecule has 0 saturated carbocycles. The first kappa shape index (κ1) is 13.8. The number of rotatable bonds is 5. The van der Waals surface area contributed by atoms with Crippen LogP contribution in [0.15, 0.2) is 30.5 Å². The van der Waals surface area contributed by atoms with Crippen molar-refractivity contribution >= 4 is 27.6 Å². The zero-order valence-electron chi connectivity index (χ0n) is 11.1. The van der Waals surface area contributed by atoms with E-state index in [1.54, 1.807) is 12.3 Å². The van der Waals surface area contributed by atoms with E-state index in [2.05, 4.69) is 10.3 Å². The van der Waals surface area contributed by atoms with Gasteiger partial charge in [0.15, 0.2) is 0 Å². The Hall–Kier alpha value is -1.62. The van der Waals surface area contributed by atoms with E-state index < -0.39 is 10.8 Å². The van der Waals surface area contributed by atoms with E-state index in [-0.39, 0.29) is 11.2 Å². The summed E-state index contributed by atoms with van der Waals surface area (Å²) >= 11 is 0. The molecule has 0 aliphatic carbocycles. The second-order valence-electron chi connectivity index (χ2n) is 4.63. The summed E-state index contributed by atoms with van der Waals surface area (Å²) in [5.74, 6) is -0.0859. The molecule has 102 valence electrons. The molecule has 1 aromatic heterocycles. The molecule has 2 unspecified atom stereocenters. The molecule has 0 bridgehead atoms. The fourth-order valence-electron chi connectivity index (χ4n) is 1.85. The van der Waals surface area contributed by atoms with Crippen molar-refractivity contribution in [1.82, 2.24) is 10.3 Å². The average Bonchev–Trinajstić information content (AvgIpc) is 2.85. The van der Waals surface area contributed by atoms with Gasteiger partial charge in [0.25, 0.3) is 5.91 Å². The second kappa shape index (κ2) is 6.02. The van der Waals surface area contributed by atoms with Gasteiger partial charge in [-0.05, 0) is 30.7 Å². The molecule has 0 aliphatic rings. The highest BCUT2D eigenvalue weighted by atomic mass is 32.2. The number of hydrogen-bond donors (Lipinski definition) is 2. The zero-order chi connectivity index (χ0) is 13.8. The topological polar surface area (TPSA) is 62.0 Å². The van der Waals surface area contributed by atoms with E-state index in [1.165, 1.54) is 0 Å². The molecule has 0 spiro atoms. The standard InChI is InChI=1S/C14H18N2O2S/c1-10(19(2)18)5-7-16-14(17)12-3-4-13-11(9-12)6-8-15-13/h3-4,6,8-10,15H,5,7H2,1-2H3,(H,16,17). The Labute approximate surface area is 115 Å². The predicted octanol–water partition coefficient (Wildman–Crippen LogP) is 2.05. The molecule has 0 fully saturated rings. The van der Waals surface area contributed by atoms with Crippen LogP contribution < -0.4 is 5.32 Å². The molecule has 2 aromatic rings. The van der Waals surface area contributed by atoms with Crippen molar-refractivity contribution in [3.05, 3.63) is 36.0 Å². The van der Waals surface area contributed by atoms with Crippen LogP contribution >= 0.6 is 0 Å². The van der Waals surface area contributed by atoms with Gasteiger partial charge in [-0.2, -0.15) is 0 Å². The summed E-state index contributed by atoms with van der Waals surface area (Å²) in [4.78, 5) is 15.1. The van der Waals surface area contributed by atoms with Crippen LogP contribution in [0, 0.1) is 0 Å². The summed E-state index contributed by atoms with van der Waals surface area (Å²) in [6.07, 6.45) is 4.26. The minimum absolute atomic E-state index is 0.0859. The fourth-order valence-corrected chi connectivity index (χ4v) is 2.30. The number of H-pyrrole nitrogens is 1. The van der Waals surface area contributed by atoms with E-state index in [4.69, 9.17) is 0 Å². The Kier molecular flexibility index (Phi) is 4.37. The number of fused-ring (bicyclic) bond motifs is 1. The van der Waals surface area contributed by atoms with Crippen molar-refractivity contribution in [2.75, 3.05) is 12.8 Å². The molecular formula is C14H18N2O2S. The van der Waals surface area contributed by atoms with Crippen LogP contribution in [-0.4, -0.2) is 33.2 Å². The molecule has 19 heavy (non-hydrogen) atoms. The zero-order valence-corrected chi connectivity index (χ0v) is 11.9. The first-order valence-electron chi connectivity index (χ1n) is 6.25. The highest BCUT2D eigenvalue weighted by Gasteiger charge is 2.09. The van der Waals surface area contributed by atoms with Crippen molar-refractivity contribution in [2.24, 2.45) is 0 Å². The molecule has 4 nitrogen and oxygen atoms in total. The van der Waals surface area contributed by atoms with Crippen LogP contribution in [0.4, 0.5) is 0 Å². The van der Waals surface area contributed by atoms with E-state index in [1.807, 2.05) is 31.3 Å². The Morgan fingerprint density at radius 3 is 2.95 bits per heavy atom. The monoisotopic (exact) mass is 278 g/mol. The number of carbonyl (C=O) groups is 1. The highest BCUT2D eigenvalue weighted by Crippen LogP contribution is 2.14. The lowest BCUT2D eigenvalue weighted by atomic mass is 10.1. The van der Waals surface area contributed by atoms with Crippen LogP contribution in [-0.2, 0) is 10.8 Å². The molecule has 2 N–H and O–H groups in total. The van der Waals surface area contributed by atoms with Gasteiger partial charge >= 0.3 is 0 Å². The van der Waals surface area contributed by atoms with Gasteiger partial charge in [-0.3, -0.25) is 9.00 Å². The van der Waals surface area contributed by atoms with Gasteiger partial charge < -0.3 is 10.3 Å². The van der Waals surface area contributed by atoms with Crippen molar-refractivity contribution in [3.63, 3.8) is 0 Å². The van der Waals surface area contributed by atoms with Crippen LogP contribution in [0.25, 0.3) is 10.9 Å². The largest absolute Gasteiger partial charge is 0.361 e. The van der Waals surface area contributed by atoms with Gasteiger partial charge in [-0.15, -0.1) is 0 Å². The molecule has 1 heterocycles. The first-order valence-corrected chi connectivity index (χ1v) is 7.87. The first-order chi connectivity index (χ1) is 9.08. The van der Waals surface area contributed by atoms with Crippen LogP contribution in [0.3, 0.4) is 0 Å². The molecule has 0 aliphatic heterocycles. The third-order valence-electron chi connectivity index (χ3n) is 3.22. The lowest BCUT2D eigenvalue weighted by molar-refractivity contribution is 0.0953. The van der Waals surface area contributed by atoms with Crippen molar-refractivity contribution < 1.29 is 9.00 Å². The van der Waals surface area contributed by atoms with Crippen LogP contribution in [0.2, 0.25) is 0 Å². The third kappa shape index (κ3) is 3.44. The maximum atomic E-state index is 12.0. The van der Waals surface area contributed by atoms with E-state index >= 15 is 0 Å². The Balaban J connectivity index is 1.94. The number of aromatic amines is 1. The minimum atomic E-state index is -0.838. The maximum Gasteiger partial charge on any atom is 0.251 e. The molecule has 5 heteroatoms. The van der Waals surface area contributed by atoms with E-state index in [0.29, 0.717) is 12.1 Å². The van der Waals surface area contributed by atoms with Gasteiger partial charge in [0.2, 0.25) is 0 Å². The lowest BCUT2D eigenvalue weighted by Gasteiger charge is -2.09. The summed E-state index contributed by atoms with van der Waals surface area (Å²) in [5, 5.41) is 3.99. The highest BCUT2D eigenvalue weighted by molar-refractivity contribution is 7.84. The number of hydrogen-bond acceptors (Lipinski definition) is 2. The average molecular weight is 278 g/mol. The molecule has 1 aromatic carbocycles. The molecule has 0 radical (unpaired) electrons. The van der Waals surface area contributed by atoms with Crippen molar-refractivity contribution in [1.29, 1.82) is 0 Å². The smallest absolute Gasteiger partial charge is 0.251 e. The number of amides is 1. The maximum absolute atomic E-state index is 12.0. The molecular weight excluding hydrogens is 260 g/mol. The predicted molar refractivity (Wildman–Crippen MR) is 78.8 cm³/mol. The second-order valence-corrected chi connectivity index (χ2v) is 6.44. The van der Waals surface area contributed by atoms with Gasteiger partial charge in [0.1, 0.15) is 0 Å². The van der Waals surface area contributed by atoms with Crippen molar-refractivity contribution in [2.45, 2.75) is 18.6 Å². The van der Waals surface area contributed by atoms with Crippen LogP contribution in [0.1, 0.15) is 23.7 Å². The Morgan fingerprint density at radius 1 is 1.42 bits per heavy atom. The third-order valence-corrected chi connectivity index (χ3v) is 4.59. The molecule has 0 saturated heterocycles. The Bertz CT molecular complexity index is 606. The summed E-state index contributed by atoms with van der Waals surface area (Å²) in [6, 6.07) is 7.50. The summed E-state index contributed by atoms with van der Waals surface area (Å²) in [6.45, 7) is 2.47. The summed E-state index contributed by atoms with van der Waals surface area (Å²) in [5.41, 5.74) is 1.67. The van der Waals surface area contributed by atoms with Gasteiger partial charge in [0, 0.05) is 51.5 Å². The number of carbonyl (C=O) groups excluding carboxylic acids is 1. The van der Waals surface area contributed by atoms with Crippen LogP contribution in [0.5, 0.6) is 0 Å². The van der Waals surface area contributed by atoms with Gasteiger partial charge in [0.05, 0.1) is 0 Å². The van der Waals surface area contributed by atoms with Gasteiger partial charge in [-0.25, -0.2) is 0 Å². The van der Waals surface area contributed by atoms with Gasteiger partial charge in [-0.1, -0.05) is 6.92 Å². The lowest BCUT2D eigenvalue weighted by Crippen LogP contribution is -2.27. The van der Waals surface area contributed by atoms with E-state index in [9.17, 15) is 9.00 Å². The van der Waals surface area contributed by atoms with Crippen molar-refractivity contribution in [3.8, 4) is 0 Å². The number of nitrogens with one attached hydrogen (secondary N) is 2. The molecule has 2 rings (SSSR count). The number of aromatic nitrogens is 1. The summed E-state index contributed by atoms with van der Waals surface area (Å²) in [7, 11) is -0.838. The molecule has 1 amide bonds. The molecule has 2 atom stereocenters. The fraction of sp³-hybridized carbons (Fsp3) is 0.357.